The number of carboxylic acid groups (broad SMARTS) is 1. The topological polar surface area (TPSA) is 140 Å². The second-order valence-corrected chi connectivity index (χ2v) is 5.50. The number of hydrogen-bond donors (Lipinski definition) is 2. The minimum Gasteiger partial charge on any atom is -0.481 e. The maximum atomic E-state index is 12.0. The molecule has 0 spiro atoms. The Labute approximate surface area is 113 Å². The van der Waals surface area contributed by atoms with Gasteiger partial charge in [0.2, 0.25) is 5.89 Å². The molecule has 0 unspecified atom stereocenters. The highest BCUT2D eigenvalue weighted by Crippen LogP contribution is 2.14. The molecule has 2 rings (SSSR count). The quantitative estimate of drug-likeness (QED) is 0.750. The Morgan fingerprint density at radius 1 is 1.50 bits per heavy atom. The summed E-state index contributed by atoms with van der Waals surface area (Å²) in [5, 5.41) is 19.3. The molecule has 0 aliphatic heterocycles. The normalized spacial score (nSPS) is 11.4. The molecule has 0 atom stereocenters. The number of aliphatic carboxylic acids is 1. The van der Waals surface area contributed by atoms with Crippen LogP contribution in [0.5, 0.6) is 0 Å². The van der Waals surface area contributed by atoms with E-state index in [0.29, 0.717) is 0 Å². The van der Waals surface area contributed by atoms with E-state index in [9.17, 15) is 13.2 Å². The van der Waals surface area contributed by atoms with Gasteiger partial charge in [0.1, 0.15) is 4.90 Å². The Kier molecular flexibility index (Phi) is 3.70. The lowest BCUT2D eigenvalue weighted by molar-refractivity contribution is -0.137. The standard InChI is InChI=1S/C9H11N5O5S/c1-6-11-12-9(19-6)13-20(17,18)7-4-10-14(5-7)3-2-8(15)16/h4-5H,2-3H2,1H3,(H,12,13)(H,15,16). The first kappa shape index (κ1) is 14.0. The number of nitrogens with one attached hydrogen (secondary N) is 1. The number of aromatic nitrogens is 4. The molecule has 11 heteroatoms. The molecule has 2 aromatic rings. The first-order valence-electron chi connectivity index (χ1n) is 5.44. The van der Waals surface area contributed by atoms with Gasteiger partial charge in [-0.25, -0.2) is 13.1 Å². The van der Waals surface area contributed by atoms with Crippen molar-refractivity contribution in [3.63, 3.8) is 0 Å². The zero-order valence-electron chi connectivity index (χ0n) is 10.3. The van der Waals surface area contributed by atoms with Gasteiger partial charge in [-0.1, -0.05) is 5.10 Å². The first-order valence-corrected chi connectivity index (χ1v) is 6.92. The number of sulfonamides is 1. The fourth-order valence-electron chi connectivity index (χ4n) is 1.33. The third kappa shape index (κ3) is 3.32. The number of hydrogen-bond acceptors (Lipinski definition) is 7. The molecule has 0 fully saturated rings. The van der Waals surface area contributed by atoms with Gasteiger partial charge in [-0.15, -0.1) is 5.10 Å². The summed E-state index contributed by atoms with van der Waals surface area (Å²) in [6.07, 6.45) is 2.17. The highest BCUT2D eigenvalue weighted by Gasteiger charge is 2.19. The van der Waals surface area contributed by atoms with Crippen molar-refractivity contribution in [2.75, 3.05) is 4.72 Å². The largest absolute Gasteiger partial charge is 0.481 e. The molecule has 0 bridgehead atoms. The van der Waals surface area contributed by atoms with Crippen LogP contribution in [0.25, 0.3) is 0 Å². The summed E-state index contributed by atoms with van der Waals surface area (Å²) in [7, 11) is -3.89. The second-order valence-electron chi connectivity index (χ2n) is 3.81. The van der Waals surface area contributed by atoms with Gasteiger partial charge in [0, 0.05) is 13.1 Å². The Morgan fingerprint density at radius 2 is 2.25 bits per heavy atom. The van der Waals surface area contributed by atoms with Crippen LogP contribution in [0.15, 0.2) is 21.7 Å². The van der Waals surface area contributed by atoms with Crippen LogP contribution in [0.4, 0.5) is 6.01 Å². The summed E-state index contributed by atoms with van der Waals surface area (Å²) >= 11 is 0. The maximum absolute atomic E-state index is 12.0. The molecule has 2 aromatic heterocycles. The Bertz CT molecular complexity index is 719. The highest BCUT2D eigenvalue weighted by atomic mass is 32.2. The molecule has 2 heterocycles. The second kappa shape index (κ2) is 5.28. The van der Waals surface area contributed by atoms with Gasteiger partial charge in [0.15, 0.2) is 0 Å². The molecule has 20 heavy (non-hydrogen) atoms. The van der Waals surface area contributed by atoms with E-state index in [4.69, 9.17) is 9.52 Å². The van der Waals surface area contributed by atoms with Crippen LogP contribution in [-0.2, 0) is 21.4 Å². The Hall–Kier alpha value is -2.43. The van der Waals surface area contributed by atoms with Gasteiger partial charge in [0.05, 0.1) is 19.2 Å². The maximum Gasteiger partial charge on any atom is 0.329 e. The van der Waals surface area contributed by atoms with Crippen LogP contribution < -0.4 is 4.72 Å². The third-order valence-electron chi connectivity index (χ3n) is 2.22. The molecule has 0 aliphatic rings. The van der Waals surface area contributed by atoms with Gasteiger partial charge in [-0.3, -0.25) is 9.48 Å². The lowest BCUT2D eigenvalue weighted by atomic mass is 10.4. The van der Waals surface area contributed by atoms with Gasteiger partial charge in [0.25, 0.3) is 10.0 Å². The highest BCUT2D eigenvalue weighted by molar-refractivity contribution is 7.92. The summed E-state index contributed by atoms with van der Waals surface area (Å²) in [6, 6.07) is -0.249. The predicted octanol–water partition coefficient (Wildman–Crippen LogP) is -0.150. The van der Waals surface area contributed by atoms with Crippen LogP contribution in [-0.4, -0.2) is 39.5 Å². The fraction of sp³-hybridized carbons (Fsp3) is 0.333. The summed E-state index contributed by atoms with van der Waals surface area (Å²) in [5.74, 6) is -0.774. The molecule has 108 valence electrons. The van der Waals surface area contributed by atoms with E-state index in [-0.39, 0.29) is 29.8 Å². The fourth-order valence-corrected chi connectivity index (χ4v) is 2.20. The number of aryl methyl sites for hydroxylation is 2. The number of carboxylic acids is 1. The Morgan fingerprint density at radius 3 is 2.85 bits per heavy atom. The number of anilines is 1. The molecule has 0 aromatic carbocycles. The van der Waals surface area contributed by atoms with Crippen molar-refractivity contribution >= 4 is 22.0 Å². The Balaban J connectivity index is 2.11. The molecule has 0 amide bonds. The number of carbonyl (C=O) groups is 1. The monoisotopic (exact) mass is 301 g/mol. The van der Waals surface area contributed by atoms with Crippen molar-refractivity contribution in [1.29, 1.82) is 0 Å². The van der Waals surface area contributed by atoms with Crippen molar-refractivity contribution in [2.45, 2.75) is 24.8 Å². The van der Waals surface area contributed by atoms with E-state index in [1.165, 1.54) is 17.8 Å². The number of nitrogens with zero attached hydrogens (tertiary/aromatic N) is 4. The molecule has 0 aliphatic carbocycles. The van der Waals surface area contributed by atoms with Gasteiger partial charge >= 0.3 is 12.0 Å². The smallest absolute Gasteiger partial charge is 0.329 e. The zero-order chi connectivity index (χ0) is 14.8. The first-order chi connectivity index (χ1) is 9.37. The van der Waals surface area contributed by atoms with Crippen molar-refractivity contribution in [2.24, 2.45) is 0 Å². The van der Waals surface area contributed by atoms with Crippen molar-refractivity contribution in [1.82, 2.24) is 20.0 Å². The molecule has 2 N–H and O–H groups in total. The van der Waals surface area contributed by atoms with E-state index in [1.807, 2.05) is 0 Å². The summed E-state index contributed by atoms with van der Waals surface area (Å²) < 4.78 is 32.1. The summed E-state index contributed by atoms with van der Waals surface area (Å²) in [4.78, 5) is 10.3. The lowest BCUT2D eigenvalue weighted by Gasteiger charge is -2.00. The van der Waals surface area contributed by atoms with E-state index >= 15 is 0 Å². The summed E-state index contributed by atoms with van der Waals surface area (Å²) in [5.41, 5.74) is 0. The zero-order valence-corrected chi connectivity index (χ0v) is 11.2. The third-order valence-corrected chi connectivity index (χ3v) is 3.50. The minimum absolute atomic E-state index is 0.0739. The van der Waals surface area contributed by atoms with Crippen LogP contribution in [0.3, 0.4) is 0 Å². The average molecular weight is 301 g/mol. The summed E-state index contributed by atoms with van der Waals surface area (Å²) in [6.45, 7) is 1.60. The van der Waals surface area contributed by atoms with Crippen LogP contribution in [0, 0.1) is 6.92 Å². The molecular formula is C9H11N5O5S. The van der Waals surface area contributed by atoms with Crippen LogP contribution in [0.1, 0.15) is 12.3 Å². The van der Waals surface area contributed by atoms with E-state index in [2.05, 4.69) is 20.0 Å². The van der Waals surface area contributed by atoms with E-state index in [0.717, 1.165) is 6.20 Å². The molecule has 0 saturated heterocycles. The van der Waals surface area contributed by atoms with Crippen LogP contribution in [0.2, 0.25) is 0 Å². The van der Waals surface area contributed by atoms with Crippen molar-refractivity contribution < 1.29 is 22.7 Å². The van der Waals surface area contributed by atoms with Crippen molar-refractivity contribution in [3.8, 4) is 0 Å². The van der Waals surface area contributed by atoms with E-state index < -0.39 is 16.0 Å². The SMILES string of the molecule is Cc1nnc(NS(=O)(=O)c2cnn(CCC(=O)O)c2)o1. The van der Waals surface area contributed by atoms with E-state index in [1.54, 1.807) is 0 Å². The van der Waals surface area contributed by atoms with Gasteiger partial charge < -0.3 is 9.52 Å². The van der Waals surface area contributed by atoms with Crippen molar-refractivity contribution in [3.05, 3.63) is 18.3 Å². The molecular weight excluding hydrogens is 290 g/mol. The molecule has 10 nitrogen and oxygen atoms in total. The lowest BCUT2D eigenvalue weighted by Crippen LogP contribution is -2.12. The van der Waals surface area contributed by atoms with Gasteiger partial charge in [-0.2, -0.15) is 5.10 Å². The average Bonchev–Trinajstić information content (AvgIpc) is 2.95. The minimum atomic E-state index is -3.89. The number of rotatable bonds is 6. The molecule has 0 radical (unpaired) electrons. The van der Waals surface area contributed by atoms with Gasteiger partial charge in [-0.05, 0) is 0 Å². The van der Waals surface area contributed by atoms with Crippen LogP contribution >= 0.6 is 0 Å². The molecule has 0 saturated carbocycles. The predicted molar refractivity (Wildman–Crippen MR) is 64.3 cm³/mol.